The first-order valence-electron chi connectivity index (χ1n) is 4.38. The Balaban J connectivity index is 3.00. The Hall–Kier alpha value is -1.55. The average Bonchev–Trinajstić information content (AvgIpc) is 2.07. The Morgan fingerprint density at radius 3 is 2.71 bits per heavy atom. The number of nitrogens with two attached hydrogens (primary N) is 2. The Morgan fingerprint density at radius 1 is 1.57 bits per heavy atom. The number of carbonyl (C=O) groups is 1. The molecule has 0 bridgehead atoms. The standard InChI is InChI=1S/C10H14N2O2/c1-6(11)4-7-2-3-9(12)8(5-7)10(13)14/h2-3,5-6H,4,11-12H2,1H3,(H,13,14). The van der Waals surface area contributed by atoms with Crippen molar-refractivity contribution in [2.24, 2.45) is 5.73 Å². The maximum atomic E-state index is 10.7. The molecule has 0 amide bonds. The third kappa shape index (κ3) is 2.47. The summed E-state index contributed by atoms with van der Waals surface area (Å²) in [7, 11) is 0. The molecule has 0 saturated heterocycles. The Labute approximate surface area is 82.5 Å². The van der Waals surface area contributed by atoms with Gasteiger partial charge in [-0.2, -0.15) is 0 Å². The molecule has 4 heteroatoms. The van der Waals surface area contributed by atoms with Crippen LogP contribution in [-0.2, 0) is 6.42 Å². The summed E-state index contributed by atoms with van der Waals surface area (Å²) in [5, 5.41) is 8.81. The van der Waals surface area contributed by atoms with Gasteiger partial charge < -0.3 is 16.6 Å². The van der Waals surface area contributed by atoms with E-state index in [1.165, 1.54) is 0 Å². The van der Waals surface area contributed by atoms with E-state index in [1.54, 1.807) is 18.2 Å². The van der Waals surface area contributed by atoms with Crippen LogP contribution in [0.25, 0.3) is 0 Å². The Morgan fingerprint density at radius 2 is 2.21 bits per heavy atom. The van der Waals surface area contributed by atoms with E-state index in [1.807, 2.05) is 6.92 Å². The molecule has 0 fully saturated rings. The van der Waals surface area contributed by atoms with Crippen molar-refractivity contribution < 1.29 is 9.90 Å². The molecule has 4 nitrogen and oxygen atoms in total. The first-order valence-corrected chi connectivity index (χ1v) is 4.38. The van der Waals surface area contributed by atoms with Crippen LogP contribution in [-0.4, -0.2) is 17.1 Å². The second kappa shape index (κ2) is 4.11. The van der Waals surface area contributed by atoms with Crippen LogP contribution >= 0.6 is 0 Å². The van der Waals surface area contributed by atoms with Crippen molar-refractivity contribution in [3.8, 4) is 0 Å². The molecular weight excluding hydrogens is 180 g/mol. The molecule has 1 aromatic carbocycles. The van der Waals surface area contributed by atoms with Gasteiger partial charge in [-0.1, -0.05) is 6.07 Å². The zero-order chi connectivity index (χ0) is 10.7. The van der Waals surface area contributed by atoms with Crippen LogP contribution in [0.3, 0.4) is 0 Å². The average molecular weight is 194 g/mol. The lowest BCUT2D eigenvalue weighted by atomic mass is 10.0. The lowest BCUT2D eigenvalue weighted by Gasteiger charge is -2.07. The summed E-state index contributed by atoms with van der Waals surface area (Å²) in [6.07, 6.45) is 0.653. The van der Waals surface area contributed by atoms with Crippen LogP contribution in [0.4, 0.5) is 5.69 Å². The molecule has 0 saturated carbocycles. The highest BCUT2D eigenvalue weighted by molar-refractivity contribution is 5.93. The van der Waals surface area contributed by atoms with Gasteiger partial charge in [-0.05, 0) is 31.0 Å². The molecular formula is C10H14N2O2. The lowest BCUT2D eigenvalue weighted by molar-refractivity contribution is 0.0698. The van der Waals surface area contributed by atoms with Crippen molar-refractivity contribution in [2.45, 2.75) is 19.4 Å². The predicted octanol–water partition coefficient (Wildman–Crippen LogP) is 0.857. The van der Waals surface area contributed by atoms with Crippen LogP contribution in [0.5, 0.6) is 0 Å². The fourth-order valence-corrected chi connectivity index (χ4v) is 1.29. The van der Waals surface area contributed by atoms with Gasteiger partial charge in [-0.3, -0.25) is 0 Å². The minimum Gasteiger partial charge on any atom is -0.478 e. The number of anilines is 1. The molecule has 14 heavy (non-hydrogen) atoms. The van der Waals surface area contributed by atoms with Crippen LogP contribution in [0.15, 0.2) is 18.2 Å². The summed E-state index contributed by atoms with van der Waals surface area (Å²) >= 11 is 0. The first kappa shape index (κ1) is 10.5. The van der Waals surface area contributed by atoms with Gasteiger partial charge in [0.15, 0.2) is 0 Å². The molecule has 0 aromatic heterocycles. The van der Waals surface area contributed by atoms with Gasteiger partial charge in [-0.15, -0.1) is 0 Å². The molecule has 1 unspecified atom stereocenters. The maximum Gasteiger partial charge on any atom is 0.337 e. The molecule has 1 rings (SSSR count). The van der Waals surface area contributed by atoms with E-state index in [0.717, 1.165) is 5.56 Å². The normalized spacial score (nSPS) is 12.4. The van der Waals surface area contributed by atoms with Gasteiger partial charge >= 0.3 is 5.97 Å². The number of aromatic carboxylic acids is 1. The van der Waals surface area contributed by atoms with Crippen LogP contribution in [0, 0.1) is 0 Å². The minimum atomic E-state index is -1.01. The highest BCUT2D eigenvalue weighted by atomic mass is 16.4. The molecule has 76 valence electrons. The number of nitrogen functional groups attached to an aromatic ring is 1. The van der Waals surface area contributed by atoms with Crippen LogP contribution < -0.4 is 11.5 Å². The van der Waals surface area contributed by atoms with E-state index in [2.05, 4.69) is 0 Å². The first-order chi connectivity index (χ1) is 6.50. The van der Waals surface area contributed by atoms with E-state index in [9.17, 15) is 4.79 Å². The maximum absolute atomic E-state index is 10.7. The summed E-state index contributed by atoms with van der Waals surface area (Å²) in [4.78, 5) is 10.7. The molecule has 0 aliphatic rings. The molecule has 0 radical (unpaired) electrons. The van der Waals surface area contributed by atoms with E-state index in [0.29, 0.717) is 6.42 Å². The number of hydrogen-bond acceptors (Lipinski definition) is 3. The van der Waals surface area contributed by atoms with Crippen molar-refractivity contribution in [3.63, 3.8) is 0 Å². The fourth-order valence-electron chi connectivity index (χ4n) is 1.29. The topological polar surface area (TPSA) is 89.3 Å². The molecule has 5 N–H and O–H groups in total. The molecule has 0 spiro atoms. The molecule has 0 heterocycles. The van der Waals surface area contributed by atoms with E-state index < -0.39 is 5.97 Å². The van der Waals surface area contributed by atoms with Crippen molar-refractivity contribution in [1.82, 2.24) is 0 Å². The van der Waals surface area contributed by atoms with E-state index >= 15 is 0 Å². The third-order valence-corrected chi connectivity index (χ3v) is 1.91. The number of carboxylic acids is 1. The van der Waals surface area contributed by atoms with Gasteiger partial charge in [0.25, 0.3) is 0 Å². The van der Waals surface area contributed by atoms with Crippen molar-refractivity contribution in [3.05, 3.63) is 29.3 Å². The Bertz CT molecular complexity index is 348. The summed E-state index contributed by atoms with van der Waals surface area (Å²) < 4.78 is 0. The zero-order valence-electron chi connectivity index (χ0n) is 8.03. The zero-order valence-corrected chi connectivity index (χ0v) is 8.03. The van der Waals surface area contributed by atoms with Gasteiger partial charge in [-0.25, -0.2) is 4.79 Å². The van der Waals surface area contributed by atoms with Crippen LogP contribution in [0.2, 0.25) is 0 Å². The molecule has 0 aliphatic carbocycles. The predicted molar refractivity (Wildman–Crippen MR) is 55.2 cm³/mol. The third-order valence-electron chi connectivity index (χ3n) is 1.91. The minimum absolute atomic E-state index is 0.0141. The fraction of sp³-hybridized carbons (Fsp3) is 0.300. The number of hydrogen-bond donors (Lipinski definition) is 3. The van der Waals surface area contributed by atoms with Gasteiger partial charge in [0.1, 0.15) is 0 Å². The number of benzene rings is 1. The van der Waals surface area contributed by atoms with Gasteiger partial charge in [0.05, 0.1) is 5.56 Å². The Kier molecular flexibility index (Phi) is 3.09. The molecule has 0 aliphatic heterocycles. The second-order valence-electron chi connectivity index (χ2n) is 3.41. The lowest BCUT2D eigenvalue weighted by Crippen LogP contribution is -2.18. The monoisotopic (exact) mass is 194 g/mol. The summed E-state index contributed by atoms with van der Waals surface area (Å²) in [5.74, 6) is -1.01. The van der Waals surface area contributed by atoms with E-state index in [-0.39, 0.29) is 17.3 Å². The highest BCUT2D eigenvalue weighted by Crippen LogP contribution is 2.15. The SMILES string of the molecule is CC(N)Cc1ccc(N)c(C(=O)O)c1. The summed E-state index contributed by atoms with van der Waals surface area (Å²) in [6.45, 7) is 1.87. The number of rotatable bonds is 3. The van der Waals surface area contributed by atoms with E-state index in [4.69, 9.17) is 16.6 Å². The van der Waals surface area contributed by atoms with Crippen molar-refractivity contribution in [2.75, 3.05) is 5.73 Å². The van der Waals surface area contributed by atoms with Crippen LogP contribution in [0.1, 0.15) is 22.8 Å². The largest absolute Gasteiger partial charge is 0.478 e. The van der Waals surface area contributed by atoms with Crippen molar-refractivity contribution >= 4 is 11.7 Å². The summed E-state index contributed by atoms with van der Waals surface area (Å²) in [6, 6.07) is 4.98. The van der Waals surface area contributed by atoms with Gasteiger partial charge in [0, 0.05) is 11.7 Å². The second-order valence-corrected chi connectivity index (χ2v) is 3.41. The molecule has 1 aromatic rings. The number of carboxylic acid groups (broad SMARTS) is 1. The summed E-state index contributed by atoms with van der Waals surface area (Å²) in [5.41, 5.74) is 12.4. The quantitative estimate of drug-likeness (QED) is 0.622. The van der Waals surface area contributed by atoms with Crippen molar-refractivity contribution in [1.29, 1.82) is 0 Å². The smallest absolute Gasteiger partial charge is 0.337 e. The molecule has 1 atom stereocenters. The van der Waals surface area contributed by atoms with Gasteiger partial charge in [0.2, 0.25) is 0 Å². The highest BCUT2D eigenvalue weighted by Gasteiger charge is 2.08.